The highest BCUT2D eigenvalue weighted by molar-refractivity contribution is 6.24. The Balaban J connectivity index is 1.66. The molecule has 1 heterocycles. The number of aromatic hydroxyl groups is 1. The number of benzene rings is 1. The van der Waals surface area contributed by atoms with Crippen molar-refractivity contribution in [3.8, 4) is 5.75 Å². The number of aliphatic hydroxyl groups is 3. The van der Waals surface area contributed by atoms with Gasteiger partial charge in [-0.3, -0.25) is 19.3 Å². The molecule has 1 aromatic rings. The molecule has 1 aromatic carbocycles. The summed E-state index contributed by atoms with van der Waals surface area (Å²) in [5.41, 5.74) is 7.29. The molecule has 1 fully saturated rings. The summed E-state index contributed by atoms with van der Waals surface area (Å²) in [5, 5.41) is 48.2. The summed E-state index contributed by atoms with van der Waals surface area (Å²) in [4.78, 5) is 40.6. The molecule has 1 aliphatic heterocycles. The normalized spacial score (nSPS) is 29.9. The number of phenolic OH excluding ortho intramolecular Hbond substituents is 1. The lowest BCUT2D eigenvalue weighted by Gasteiger charge is -2.48. The monoisotopic (exact) mass is 572 g/mol. The lowest BCUT2D eigenvalue weighted by molar-refractivity contribution is -0.149. The number of amides is 1. The van der Waals surface area contributed by atoms with E-state index in [9.17, 15) is 34.8 Å². The largest absolute Gasteiger partial charge is 0.508 e. The maximum Gasteiger partial charge on any atom is 0.255 e. The van der Waals surface area contributed by atoms with Gasteiger partial charge in [0.25, 0.3) is 5.91 Å². The molecule has 1 amide bonds. The Bertz CT molecular complexity index is 1420. The van der Waals surface area contributed by atoms with Gasteiger partial charge in [-0.2, -0.15) is 0 Å². The molecule has 3 aliphatic carbocycles. The van der Waals surface area contributed by atoms with Gasteiger partial charge in [0, 0.05) is 41.7 Å². The van der Waals surface area contributed by atoms with E-state index < -0.39 is 69.6 Å². The van der Waals surface area contributed by atoms with Crippen molar-refractivity contribution < 1.29 is 39.2 Å². The quantitative estimate of drug-likeness (QED) is 0.201. The molecule has 0 bridgehead atoms. The second-order valence-electron chi connectivity index (χ2n) is 12.1. The van der Waals surface area contributed by atoms with Gasteiger partial charge >= 0.3 is 0 Å². The number of hydrogen-bond donors (Lipinski definition) is 7. The van der Waals surface area contributed by atoms with Crippen LogP contribution in [0.2, 0.25) is 0 Å². The van der Waals surface area contributed by atoms with Gasteiger partial charge in [0.05, 0.1) is 17.3 Å². The zero-order valence-electron chi connectivity index (χ0n) is 23.3. The van der Waals surface area contributed by atoms with Gasteiger partial charge in [0.15, 0.2) is 11.4 Å². The highest BCUT2D eigenvalue weighted by Crippen LogP contribution is 2.53. The number of primary amides is 1. The third kappa shape index (κ3) is 4.14. The molecule has 222 valence electrons. The van der Waals surface area contributed by atoms with Crippen LogP contribution in [-0.4, -0.2) is 73.6 Å². The molecule has 4 aliphatic rings. The van der Waals surface area contributed by atoms with Crippen LogP contribution >= 0.6 is 0 Å². The predicted octanol–water partition coefficient (Wildman–Crippen LogP) is 1.55. The summed E-state index contributed by atoms with van der Waals surface area (Å²) >= 11 is 0. The number of nitrogens with one attached hydrogen (secondary N) is 1. The predicted molar refractivity (Wildman–Crippen MR) is 147 cm³/mol. The number of carbonyl (C=O) groups excluding carboxylic acids is 3. The molecular weight excluding hydrogens is 535 g/mol. The van der Waals surface area contributed by atoms with Crippen LogP contribution in [-0.2, 0) is 27.3 Å². The van der Waals surface area contributed by atoms with Gasteiger partial charge in [-0.05, 0) is 44.1 Å². The number of nitrogens with two attached hydrogens (primary N) is 2. The highest BCUT2D eigenvalue weighted by Gasteiger charge is 2.63. The highest BCUT2D eigenvalue weighted by atomic mass is 19.1. The maximum atomic E-state index is 16.4. The minimum atomic E-state index is -2.81. The van der Waals surface area contributed by atoms with Gasteiger partial charge in [-0.1, -0.05) is 20.8 Å². The van der Waals surface area contributed by atoms with E-state index in [4.69, 9.17) is 11.5 Å². The van der Waals surface area contributed by atoms with Gasteiger partial charge < -0.3 is 37.2 Å². The first-order valence-corrected chi connectivity index (χ1v) is 14.0. The maximum absolute atomic E-state index is 16.4. The zero-order valence-corrected chi connectivity index (χ0v) is 23.3. The molecule has 0 aromatic heterocycles. The van der Waals surface area contributed by atoms with Gasteiger partial charge in [0.1, 0.15) is 28.7 Å². The number of carbonyl (C=O) groups is 3. The summed E-state index contributed by atoms with van der Waals surface area (Å²) in [6.45, 7) is 7.63. The molecule has 12 heteroatoms. The fraction of sp³-hybridized carbons (Fsp3) is 0.552. The fourth-order valence-corrected chi connectivity index (χ4v) is 7.21. The Kier molecular flexibility index (Phi) is 7.16. The average Bonchev–Trinajstić information content (AvgIpc) is 3.07. The zero-order chi connectivity index (χ0) is 30.1. The van der Waals surface area contributed by atoms with E-state index in [1.165, 1.54) is 0 Å². The van der Waals surface area contributed by atoms with Gasteiger partial charge in [0.2, 0.25) is 5.78 Å². The van der Waals surface area contributed by atoms with Crippen LogP contribution in [0.15, 0.2) is 16.9 Å². The summed E-state index contributed by atoms with van der Waals surface area (Å²) < 4.78 is 16.4. The molecule has 41 heavy (non-hydrogen) atoms. The van der Waals surface area contributed by atoms with Crippen LogP contribution < -0.4 is 16.8 Å². The summed E-state index contributed by atoms with van der Waals surface area (Å²) in [6.07, 6.45) is 1.38. The van der Waals surface area contributed by atoms with Crippen LogP contribution in [0.5, 0.6) is 5.75 Å². The smallest absolute Gasteiger partial charge is 0.255 e. The minimum absolute atomic E-state index is 0.0135. The fourth-order valence-electron chi connectivity index (χ4n) is 7.21. The summed E-state index contributed by atoms with van der Waals surface area (Å²) in [7, 11) is 0. The number of rotatable bonds is 5. The molecule has 5 rings (SSSR count). The third-order valence-electron chi connectivity index (χ3n) is 9.10. The van der Waals surface area contributed by atoms with E-state index >= 15 is 4.39 Å². The molecule has 5 atom stereocenters. The number of anilines is 1. The van der Waals surface area contributed by atoms with Crippen molar-refractivity contribution in [3.05, 3.63) is 39.4 Å². The lowest BCUT2D eigenvalue weighted by atomic mass is 9.58. The Morgan fingerprint density at radius 1 is 1.22 bits per heavy atom. The average molecular weight is 573 g/mol. The molecule has 1 saturated carbocycles. The van der Waals surface area contributed by atoms with Crippen molar-refractivity contribution in [2.45, 2.75) is 70.7 Å². The SMILES string of the molecule is CCCN1Cc2c(F)c3c(c(O)c2NC[C@H]1CC(C)C)C(O)=C1C(=O)[C@]2(O)C(O)=C(C(N)=O)C(=O)[C@@H](N)[C@@H]2C[C@@H]1C3. The van der Waals surface area contributed by atoms with E-state index in [1.54, 1.807) is 0 Å². The minimum Gasteiger partial charge on any atom is -0.508 e. The van der Waals surface area contributed by atoms with E-state index in [0.717, 1.165) is 19.4 Å². The molecule has 0 radical (unpaired) electrons. The second kappa shape index (κ2) is 10.1. The van der Waals surface area contributed by atoms with Crippen LogP contribution in [0.1, 0.15) is 56.7 Å². The lowest BCUT2D eigenvalue weighted by Crippen LogP contribution is -2.65. The number of fused-ring (bicyclic) bond motifs is 4. The van der Waals surface area contributed by atoms with Crippen molar-refractivity contribution in [1.82, 2.24) is 4.90 Å². The van der Waals surface area contributed by atoms with Crippen molar-refractivity contribution in [2.75, 3.05) is 18.4 Å². The van der Waals surface area contributed by atoms with Crippen LogP contribution in [0.4, 0.5) is 10.1 Å². The first kappa shape index (κ1) is 29.0. The van der Waals surface area contributed by atoms with E-state index in [-0.39, 0.29) is 53.4 Å². The first-order chi connectivity index (χ1) is 19.2. The van der Waals surface area contributed by atoms with E-state index in [1.807, 2.05) is 6.92 Å². The van der Waals surface area contributed by atoms with Gasteiger partial charge in [-0.15, -0.1) is 0 Å². The molecular formula is C29H37FN4O7. The number of hydrogen-bond acceptors (Lipinski definition) is 10. The first-order valence-electron chi connectivity index (χ1n) is 14.0. The van der Waals surface area contributed by atoms with Crippen molar-refractivity contribution >= 4 is 28.9 Å². The van der Waals surface area contributed by atoms with Crippen LogP contribution in [0.3, 0.4) is 0 Å². The van der Waals surface area contributed by atoms with E-state index in [2.05, 4.69) is 24.1 Å². The van der Waals surface area contributed by atoms with Crippen molar-refractivity contribution in [1.29, 1.82) is 0 Å². The number of Topliss-reactive ketones (excluding diaryl/α,β-unsaturated/α-hetero) is 2. The van der Waals surface area contributed by atoms with E-state index in [0.29, 0.717) is 12.5 Å². The molecule has 0 unspecified atom stereocenters. The third-order valence-corrected chi connectivity index (χ3v) is 9.10. The van der Waals surface area contributed by atoms with Crippen molar-refractivity contribution in [3.63, 3.8) is 0 Å². The number of ketones is 2. The Morgan fingerprint density at radius 3 is 2.51 bits per heavy atom. The standard InChI is InChI=1S/C29H37FN4O7/c1-4-5-34-10-15-20(30)14-7-12-8-16-21(31)24(36)19(28(32)40)27(39)29(16,41)26(38)17(12)23(35)18(14)25(37)22(15)33-9-13(34)6-11(2)3/h11-13,16,21,33,35,37,39,41H,4-10,31H2,1-3H3,(H2,32,40)/t12-,13+,16-,21-,29-/m0/s1. The Labute approximate surface area is 236 Å². The number of nitrogens with zero attached hydrogens (tertiary/aromatic N) is 1. The summed E-state index contributed by atoms with van der Waals surface area (Å²) in [6, 6.07) is -1.48. The molecule has 0 saturated heterocycles. The van der Waals surface area contributed by atoms with Crippen molar-refractivity contribution in [2.24, 2.45) is 29.2 Å². The molecule has 0 spiro atoms. The topological polar surface area (TPSA) is 199 Å². The number of halogens is 1. The summed E-state index contributed by atoms with van der Waals surface area (Å²) in [5.74, 6) is -8.41. The van der Waals surface area contributed by atoms with Crippen LogP contribution in [0, 0.1) is 23.6 Å². The Hall–Kier alpha value is -3.48. The second-order valence-corrected chi connectivity index (χ2v) is 12.1. The van der Waals surface area contributed by atoms with Gasteiger partial charge in [-0.25, -0.2) is 4.39 Å². The number of aliphatic hydroxyl groups excluding tert-OH is 2. The molecule has 11 nitrogen and oxygen atoms in total. The Morgan fingerprint density at radius 2 is 1.90 bits per heavy atom. The molecule has 9 N–H and O–H groups in total. The van der Waals surface area contributed by atoms with Crippen LogP contribution in [0.25, 0.3) is 5.76 Å². The number of phenols is 1.